The van der Waals surface area contributed by atoms with E-state index < -0.39 is 14.2 Å². The van der Waals surface area contributed by atoms with Crippen molar-refractivity contribution in [2.45, 2.75) is 6.92 Å². The second-order valence-electron chi connectivity index (χ2n) is 3.98. The van der Waals surface area contributed by atoms with E-state index in [-0.39, 0.29) is 0 Å². The van der Waals surface area contributed by atoms with Crippen molar-refractivity contribution in [3.05, 3.63) is 12.2 Å². The van der Waals surface area contributed by atoms with Crippen LogP contribution in [0, 0.1) is 0 Å². The van der Waals surface area contributed by atoms with Gasteiger partial charge in [0.05, 0.1) is 21.1 Å². The molecule has 0 aliphatic rings. The van der Waals surface area contributed by atoms with E-state index in [2.05, 4.69) is 4.52 Å². The van der Waals surface area contributed by atoms with Crippen molar-refractivity contribution in [1.82, 2.24) is 0 Å². The molecule has 0 saturated carbocycles. The van der Waals surface area contributed by atoms with E-state index in [0.717, 1.165) is 0 Å². The zero-order chi connectivity index (χ0) is 11.9. The van der Waals surface area contributed by atoms with Crippen LogP contribution in [0.1, 0.15) is 6.92 Å². The average Bonchev–Trinajstić information content (AvgIpc) is 2.01. The third kappa shape index (κ3) is 9.53. The minimum Gasteiger partial charge on any atom is -0.329 e. The average molecular weight is 235 g/mol. The van der Waals surface area contributed by atoms with Gasteiger partial charge in [0, 0.05) is 10.6 Å². The minimum absolute atomic E-state index is 0.293. The van der Waals surface area contributed by atoms with E-state index in [1.54, 1.807) is 6.92 Å². The van der Waals surface area contributed by atoms with Crippen molar-refractivity contribution in [1.29, 1.82) is 0 Å². The van der Waals surface area contributed by atoms with Crippen molar-refractivity contribution in [2.75, 3.05) is 34.3 Å². The Morgan fingerprint density at radius 2 is 2.00 bits per heavy atom. The first-order valence-electron chi connectivity index (χ1n) is 4.60. The summed E-state index contributed by atoms with van der Waals surface area (Å²) >= 11 is 0. The molecule has 0 N–H and O–H groups in total. The van der Waals surface area contributed by atoms with Crippen LogP contribution in [0.15, 0.2) is 12.2 Å². The summed E-state index contributed by atoms with van der Waals surface area (Å²) < 4.78 is 21.1. The summed E-state index contributed by atoms with van der Waals surface area (Å²) in [6.07, 6.45) is 2.70. The third-order valence-electron chi connectivity index (χ3n) is 1.43. The first-order chi connectivity index (χ1) is 6.85. The van der Waals surface area contributed by atoms with E-state index in [1.807, 2.05) is 21.1 Å². The third-order valence-corrected chi connectivity index (χ3v) is 2.15. The second-order valence-corrected chi connectivity index (χ2v) is 4.87. The highest BCUT2D eigenvalue weighted by atomic mass is 31.1. The molecule has 0 aromatic rings. The predicted octanol–water partition coefficient (Wildman–Crippen LogP) is 1.49. The molecule has 1 unspecified atom stereocenters. The number of nitrogens with zero attached hydrogens (tertiary/aromatic N) is 1. The number of rotatable bonds is 6. The Kier molecular flexibility index (Phi) is 6.32. The number of quaternary nitrogens is 1. The maximum atomic E-state index is 11.1. The number of likely N-dealkylation sites (N-methyl/N-ethyl adjacent to an activating group) is 1. The highest BCUT2D eigenvalue weighted by molar-refractivity contribution is 7.34. The van der Waals surface area contributed by atoms with Crippen molar-refractivity contribution < 1.29 is 22.9 Å². The van der Waals surface area contributed by atoms with Crippen molar-refractivity contribution in [3.8, 4) is 0 Å². The predicted molar refractivity (Wildman–Crippen MR) is 57.4 cm³/mol. The zero-order valence-electron chi connectivity index (χ0n) is 9.60. The first-order valence-corrected chi connectivity index (χ1v) is 5.70. The SMILES string of the molecule is CC=CC(=O)O[P+](=O)OCC[N+](C)(C)C. The molecule has 0 aromatic heterocycles. The molecule has 0 radical (unpaired) electrons. The highest BCUT2D eigenvalue weighted by Crippen LogP contribution is 2.23. The molecule has 0 fully saturated rings. The lowest BCUT2D eigenvalue weighted by Gasteiger charge is -2.21. The summed E-state index contributed by atoms with van der Waals surface area (Å²) in [6, 6.07) is 0. The Morgan fingerprint density at radius 3 is 2.47 bits per heavy atom. The van der Waals surface area contributed by atoms with Crippen molar-refractivity contribution in [3.63, 3.8) is 0 Å². The fourth-order valence-corrected chi connectivity index (χ4v) is 1.15. The normalized spacial score (nSPS) is 12.9. The summed E-state index contributed by atoms with van der Waals surface area (Å²) in [5, 5.41) is 0. The molecule has 0 aromatic carbocycles. The maximum absolute atomic E-state index is 11.1. The zero-order valence-corrected chi connectivity index (χ0v) is 10.5. The highest BCUT2D eigenvalue weighted by Gasteiger charge is 2.25. The molecule has 5 nitrogen and oxygen atoms in total. The minimum atomic E-state index is -2.35. The molecule has 0 rings (SSSR count). The van der Waals surface area contributed by atoms with Gasteiger partial charge in [0.25, 0.3) is 0 Å². The molecule has 0 amide bonds. The quantitative estimate of drug-likeness (QED) is 0.397. The summed E-state index contributed by atoms with van der Waals surface area (Å²) in [4.78, 5) is 10.8. The molecule has 0 spiro atoms. The summed E-state index contributed by atoms with van der Waals surface area (Å²) in [6.45, 7) is 2.66. The lowest BCUT2D eigenvalue weighted by Crippen LogP contribution is -2.37. The van der Waals surface area contributed by atoms with E-state index in [0.29, 0.717) is 17.6 Å². The van der Waals surface area contributed by atoms with Crippen LogP contribution in [-0.2, 0) is 18.4 Å². The number of hydrogen-bond donors (Lipinski definition) is 0. The summed E-state index contributed by atoms with van der Waals surface area (Å²) in [7, 11) is 3.62. The molecule has 86 valence electrons. The largest absolute Gasteiger partial charge is 0.753 e. The van der Waals surface area contributed by atoms with Crippen LogP contribution in [-0.4, -0.2) is 44.7 Å². The van der Waals surface area contributed by atoms with Crippen LogP contribution in [0.2, 0.25) is 0 Å². The van der Waals surface area contributed by atoms with Crippen LogP contribution >= 0.6 is 8.25 Å². The monoisotopic (exact) mass is 235 g/mol. The van der Waals surface area contributed by atoms with Gasteiger partial charge in [0.1, 0.15) is 6.54 Å². The topological polar surface area (TPSA) is 52.6 Å². The van der Waals surface area contributed by atoms with Crippen LogP contribution in [0.5, 0.6) is 0 Å². The number of hydrogen-bond acceptors (Lipinski definition) is 4. The molecule has 0 aliphatic carbocycles. The lowest BCUT2D eigenvalue weighted by molar-refractivity contribution is -0.870. The Morgan fingerprint density at radius 1 is 1.40 bits per heavy atom. The van der Waals surface area contributed by atoms with Crippen LogP contribution in [0.25, 0.3) is 0 Å². The van der Waals surface area contributed by atoms with Crippen LogP contribution < -0.4 is 0 Å². The number of allylic oxidation sites excluding steroid dienone is 1. The number of carbonyl (C=O) groups excluding carboxylic acids is 1. The van der Waals surface area contributed by atoms with E-state index in [4.69, 9.17) is 4.52 Å². The van der Waals surface area contributed by atoms with Gasteiger partial charge >= 0.3 is 14.2 Å². The molecule has 0 heterocycles. The van der Waals surface area contributed by atoms with Gasteiger partial charge in [-0.2, -0.15) is 4.52 Å². The summed E-state index contributed by atoms with van der Waals surface area (Å²) in [5.74, 6) is -0.649. The Hall–Kier alpha value is -0.770. The van der Waals surface area contributed by atoms with Crippen LogP contribution in [0.3, 0.4) is 0 Å². The Bertz CT molecular complexity index is 257. The van der Waals surface area contributed by atoms with Crippen LogP contribution in [0.4, 0.5) is 0 Å². The number of carbonyl (C=O) groups is 1. The van der Waals surface area contributed by atoms with Gasteiger partial charge in [0.2, 0.25) is 0 Å². The van der Waals surface area contributed by atoms with Gasteiger partial charge in [-0.1, -0.05) is 6.08 Å². The molecule has 0 aliphatic heterocycles. The van der Waals surface area contributed by atoms with Gasteiger partial charge < -0.3 is 4.48 Å². The standard InChI is InChI=1S/C9H18NO4P/c1-5-6-9(11)14-15(12)13-8-7-10(2,3)4/h5-6H,7-8H2,1-4H3/q+2. The van der Waals surface area contributed by atoms with Gasteiger partial charge in [0.15, 0.2) is 6.61 Å². The van der Waals surface area contributed by atoms with Gasteiger partial charge in [-0.05, 0) is 6.92 Å². The Labute approximate surface area is 91.2 Å². The molecule has 1 atom stereocenters. The second kappa shape index (κ2) is 6.67. The van der Waals surface area contributed by atoms with Gasteiger partial charge in [-0.25, -0.2) is 4.79 Å². The van der Waals surface area contributed by atoms with E-state index in [1.165, 1.54) is 12.2 Å². The van der Waals surface area contributed by atoms with Crippen molar-refractivity contribution >= 4 is 14.2 Å². The Balaban J connectivity index is 3.72. The lowest BCUT2D eigenvalue weighted by atomic mass is 10.5. The van der Waals surface area contributed by atoms with Gasteiger partial charge in [-0.15, -0.1) is 4.52 Å². The van der Waals surface area contributed by atoms with E-state index in [9.17, 15) is 9.36 Å². The maximum Gasteiger partial charge on any atom is 0.753 e. The molecular weight excluding hydrogens is 217 g/mol. The molecule has 0 saturated heterocycles. The molecule has 6 heteroatoms. The first kappa shape index (κ1) is 14.2. The fourth-order valence-electron chi connectivity index (χ4n) is 0.656. The molecular formula is C9H18NO4P+2. The fraction of sp³-hybridized carbons (Fsp3) is 0.667. The summed E-state index contributed by atoms with van der Waals surface area (Å²) in [5.41, 5.74) is 0. The smallest absolute Gasteiger partial charge is 0.329 e. The van der Waals surface area contributed by atoms with E-state index >= 15 is 0 Å². The molecule has 0 bridgehead atoms. The van der Waals surface area contributed by atoms with Crippen molar-refractivity contribution in [2.24, 2.45) is 0 Å². The molecule has 15 heavy (non-hydrogen) atoms. The van der Waals surface area contributed by atoms with Gasteiger partial charge in [-0.3, -0.25) is 0 Å².